The Kier molecular flexibility index (Phi) is 6.95. The summed E-state index contributed by atoms with van der Waals surface area (Å²) in [6.07, 6.45) is 0. The lowest BCUT2D eigenvalue weighted by Crippen LogP contribution is -2.79. The van der Waals surface area contributed by atoms with Crippen LogP contribution in [-0.2, 0) is 33.4 Å². The fraction of sp³-hybridized carbons (Fsp3) is 0.400. The number of ether oxygens (including phenoxy) is 2. The average molecular weight is 559 g/mol. The lowest BCUT2D eigenvalue weighted by Gasteiger charge is -2.47. The van der Waals surface area contributed by atoms with Gasteiger partial charge in [-0.05, 0) is 29.8 Å². The van der Waals surface area contributed by atoms with E-state index in [9.17, 15) is 39.9 Å². The van der Waals surface area contributed by atoms with E-state index in [0.29, 0.717) is 38.4 Å². The zero-order valence-corrected chi connectivity index (χ0v) is 21.3. The molecule has 0 bridgehead atoms. The number of carbonyl (C=O) groups excluding carboxylic acids is 3. The molecule has 6 N–H and O–H groups in total. The highest BCUT2D eigenvalue weighted by molar-refractivity contribution is 6.24. The van der Waals surface area contributed by atoms with E-state index in [1.165, 1.54) is 30.3 Å². The molecule has 0 radical (unpaired) electrons. The van der Waals surface area contributed by atoms with E-state index in [1.54, 1.807) is 5.32 Å². The number of aliphatic hydroxyl groups is 5. The maximum atomic E-state index is 15.0. The van der Waals surface area contributed by atoms with Gasteiger partial charge in [-0.15, -0.1) is 0 Å². The number of rotatable bonds is 6. The van der Waals surface area contributed by atoms with Crippen LogP contribution < -0.4 is 10.1 Å². The van der Waals surface area contributed by atoms with Crippen LogP contribution >= 0.6 is 0 Å². The number of carbonyl (C=O) groups is 3. The minimum Gasteiger partial charge on any atom is -0.435 e. The molecule has 2 saturated heterocycles. The molecule has 2 unspecified atom stereocenters. The summed E-state index contributed by atoms with van der Waals surface area (Å²) in [6.45, 7) is 2.46. The van der Waals surface area contributed by atoms with E-state index in [-0.39, 0.29) is 16.9 Å². The first-order chi connectivity index (χ1) is 18.7. The molecule has 0 aliphatic carbocycles. The van der Waals surface area contributed by atoms with E-state index in [2.05, 4.69) is 4.90 Å². The van der Waals surface area contributed by atoms with Crippen LogP contribution in [0.3, 0.4) is 0 Å². The summed E-state index contributed by atoms with van der Waals surface area (Å²) >= 11 is 0. The first kappa shape index (κ1) is 28.1. The SMILES string of the molecule is BC1(O)C(N2Cc3c(OC(O)(O)c4ccc(CN5CCOCC5)cc4F)cccc3C2=O)C(=O)NC(=O)C1(O)O. The van der Waals surface area contributed by atoms with Crippen LogP contribution in [0.25, 0.3) is 0 Å². The molecule has 40 heavy (non-hydrogen) atoms. The Morgan fingerprint density at radius 1 is 1.12 bits per heavy atom. The van der Waals surface area contributed by atoms with E-state index >= 15 is 4.39 Å². The van der Waals surface area contributed by atoms with Gasteiger partial charge in [0.25, 0.3) is 23.5 Å². The fourth-order valence-corrected chi connectivity index (χ4v) is 5.17. The van der Waals surface area contributed by atoms with Crippen molar-refractivity contribution in [2.45, 2.75) is 36.4 Å². The molecule has 3 aliphatic heterocycles. The van der Waals surface area contributed by atoms with Crippen molar-refractivity contribution in [3.05, 3.63) is 64.5 Å². The van der Waals surface area contributed by atoms with E-state index in [1.807, 2.05) is 0 Å². The maximum absolute atomic E-state index is 15.0. The van der Waals surface area contributed by atoms with Crippen molar-refractivity contribution < 1.29 is 53.8 Å². The standard InChI is InChI=1S/C25H27BFN3O10/c26-23(34)19(20(31)28-22(33)24(23,35)36)30-12-15-14(21(30)32)2-1-3-18(15)40-25(37,38)16-5-4-13(10-17(16)27)11-29-6-8-39-9-7-29/h1-5,10,19,34-38H,6-9,11-12,26H2,(H,28,31,33). The maximum Gasteiger partial charge on any atom is 0.354 e. The van der Waals surface area contributed by atoms with Gasteiger partial charge in [0.05, 0.1) is 25.3 Å². The van der Waals surface area contributed by atoms with Gasteiger partial charge in [-0.2, -0.15) is 0 Å². The Morgan fingerprint density at radius 3 is 2.50 bits per heavy atom. The molecule has 212 valence electrons. The molecule has 0 saturated carbocycles. The topological polar surface area (TPSA) is 189 Å². The Labute approximate surface area is 227 Å². The number of hydrogen-bond acceptors (Lipinski definition) is 11. The highest BCUT2D eigenvalue weighted by atomic mass is 19.1. The molecule has 3 amide bonds. The summed E-state index contributed by atoms with van der Waals surface area (Å²) in [5, 5.41) is 54.3. The lowest BCUT2D eigenvalue weighted by molar-refractivity contribution is -0.305. The summed E-state index contributed by atoms with van der Waals surface area (Å²) in [5.74, 6) is -11.3. The highest BCUT2D eigenvalue weighted by Crippen LogP contribution is 2.39. The molecular formula is C25H27BFN3O10. The van der Waals surface area contributed by atoms with Gasteiger partial charge in [-0.3, -0.25) is 24.6 Å². The summed E-state index contributed by atoms with van der Waals surface area (Å²) in [4.78, 5) is 40.5. The molecule has 0 aromatic heterocycles. The van der Waals surface area contributed by atoms with Crippen molar-refractivity contribution in [2.75, 3.05) is 26.3 Å². The molecule has 2 atom stereocenters. The predicted octanol–water partition coefficient (Wildman–Crippen LogP) is -3.18. The summed E-state index contributed by atoms with van der Waals surface area (Å²) in [7, 11) is 0.819. The number of benzene rings is 2. The van der Waals surface area contributed by atoms with Crippen molar-refractivity contribution in [3.8, 4) is 5.75 Å². The molecule has 5 rings (SSSR count). The van der Waals surface area contributed by atoms with Gasteiger partial charge < -0.3 is 39.9 Å². The van der Waals surface area contributed by atoms with Crippen LogP contribution in [0, 0.1) is 5.82 Å². The molecule has 3 aliphatic rings. The van der Waals surface area contributed by atoms with Crippen molar-refractivity contribution in [1.29, 1.82) is 0 Å². The van der Waals surface area contributed by atoms with Crippen molar-refractivity contribution in [2.24, 2.45) is 0 Å². The largest absolute Gasteiger partial charge is 0.435 e. The minimum absolute atomic E-state index is 0.0475. The number of hydrogen-bond donors (Lipinski definition) is 6. The number of halogens is 1. The van der Waals surface area contributed by atoms with E-state index in [0.717, 1.165) is 18.8 Å². The quantitative estimate of drug-likeness (QED) is 0.119. The molecule has 2 aromatic carbocycles. The van der Waals surface area contributed by atoms with Crippen LogP contribution in [0.5, 0.6) is 5.75 Å². The van der Waals surface area contributed by atoms with Gasteiger partial charge in [-0.25, -0.2) is 4.39 Å². The van der Waals surface area contributed by atoms with Gasteiger partial charge >= 0.3 is 5.97 Å². The molecule has 3 heterocycles. The second-order valence-corrected chi connectivity index (χ2v) is 10.2. The van der Waals surface area contributed by atoms with Gasteiger partial charge in [0.2, 0.25) is 0 Å². The molecule has 0 spiro atoms. The van der Waals surface area contributed by atoms with Crippen LogP contribution in [-0.4, -0.2) is 105 Å². The average Bonchev–Trinajstić information content (AvgIpc) is 3.20. The molecule has 2 aromatic rings. The second kappa shape index (κ2) is 9.88. The predicted molar refractivity (Wildman–Crippen MR) is 133 cm³/mol. The number of piperidine rings is 1. The number of imide groups is 1. The third kappa shape index (κ3) is 4.64. The Hall–Kier alpha value is -3.44. The smallest absolute Gasteiger partial charge is 0.354 e. The Bertz CT molecular complexity index is 1380. The molecular weight excluding hydrogens is 532 g/mol. The number of amides is 3. The molecule has 13 nitrogen and oxygen atoms in total. The van der Waals surface area contributed by atoms with Crippen LogP contribution in [0.1, 0.15) is 27.0 Å². The first-order valence-corrected chi connectivity index (χ1v) is 12.4. The first-order valence-electron chi connectivity index (χ1n) is 12.4. The number of morpholine rings is 1. The Balaban J connectivity index is 1.39. The monoisotopic (exact) mass is 559 g/mol. The fourth-order valence-electron chi connectivity index (χ4n) is 5.17. The van der Waals surface area contributed by atoms with Crippen LogP contribution in [0.4, 0.5) is 4.39 Å². The zero-order valence-electron chi connectivity index (χ0n) is 21.3. The zero-order chi connectivity index (χ0) is 29.0. The number of nitrogens with zero attached hydrogens (tertiary/aromatic N) is 2. The molecule has 2 fully saturated rings. The molecule has 15 heteroatoms. The van der Waals surface area contributed by atoms with E-state index < -0.39 is 58.9 Å². The normalized spacial score (nSPS) is 25.1. The summed E-state index contributed by atoms with van der Waals surface area (Å²) < 4.78 is 25.7. The van der Waals surface area contributed by atoms with Crippen molar-refractivity contribution >= 4 is 25.6 Å². The second-order valence-electron chi connectivity index (χ2n) is 10.2. The summed E-state index contributed by atoms with van der Waals surface area (Å²) in [6, 6.07) is 5.92. The Morgan fingerprint density at radius 2 is 1.82 bits per heavy atom. The van der Waals surface area contributed by atoms with Gasteiger partial charge in [-0.1, -0.05) is 12.1 Å². The van der Waals surface area contributed by atoms with Crippen LogP contribution in [0.15, 0.2) is 36.4 Å². The third-order valence-corrected chi connectivity index (χ3v) is 7.45. The summed E-state index contributed by atoms with van der Waals surface area (Å²) in [5.41, 5.74) is -2.81. The van der Waals surface area contributed by atoms with Gasteiger partial charge in [0.1, 0.15) is 23.1 Å². The van der Waals surface area contributed by atoms with E-state index in [4.69, 9.17) is 9.47 Å². The third-order valence-electron chi connectivity index (χ3n) is 7.45. The number of fused-ring (bicyclic) bond motifs is 1. The minimum atomic E-state index is -3.41. The number of nitrogens with one attached hydrogen (secondary N) is 1. The highest BCUT2D eigenvalue weighted by Gasteiger charge is 2.64. The lowest BCUT2D eigenvalue weighted by atomic mass is 9.66. The van der Waals surface area contributed by atoms with Gasteiger partial charge in [0.15, 0.2) is 7.85 Å². The van der Waals surface area contributed by atoms with Gasteiger partial charge in [0, 0.05) is 30.8 Å². The van der Waals surface area contributed by atoms with Crippen LogP contribution in [0.2, 0.25) is 0 Å². The van der Waals surface area contributed by atoms with Crippen molar-refractivity contribution in [3.63, 3.8) is 0 Å². The van der Waals surface area contributed by atoms with Crippen molar-refractivity contribution in [1.82, 2.24) is 15.1 Å².